The van der Waals surface area contributed by atoms with Crippen LogP contribution in [0, 0.1) is 5.92 Å². The van der Waals surface area contributed by atoms with Crippen molar-refractivity contribution in [3.63, 3.8) is 0 Å². The normalized spacial score (nSPS) is 25.9. The van der Waals surface area contributed by atoms with Gasteiger partial charge in [-0.05, 0) is 44.4 Å². The molecule has 0 aromatic rings. The lowest BCUT2D eigenvalue weighted by molar-refractivity contribution is 0.267. The van der Waals surface area contributed by atoms with Crippen LogP contribution in [0.2, 0.25) is 0 Å². The van der Waals surface area contributed by atoms with E-state index in [2.05, 4.69) is 32.4 Å². The molecule has 0 aliphatic carbocycles. The monoisotopic (exact) mass is 388 g/mol. The molecule has 5 nitrogen and oxygen atoms in total. The summed E-state index contributed by atoms with van der Waals surface area (Å²) < 4.78 is 10.6. The fourth-order valence-electron chi connectivity index (χ4n) is 4.63. The molecule has 0 aromatic carbocycles. The van der Waals surface area contributed by atoms with E-state index in [1.54, 1.807) is 0 Å². The van der Waals surface area contributed by atoms with E-state index in [1.165, 1.54) is 97.1 Å². The van der Waals surface area contributed by atoms with Crippen molar-refractivity contribution in [2.45, 2.75) is 64.7 Å². The molecule has 3 saturated heterocycles. The van der Waals surface area contributed by atoms with Crippen molar-refractivity contribution in [3.05, 3.63) is 0 Å². The van der Waals surface area contributed by atoms with E-state index in [0.717, 1.165) is 14.8 Å². The van der Waals surface area contributed by atoms with Crippen molar-refractivity contribution in [1.29, 1.82) is 0 Å². The molecule has 0 radical (unpaired) electrons. The van der Waals surface area contributed by atoms with Crippen LogP contribution in [0.15, 0.2) is 0 Å². The molecule has 2 N–H and O–H groups in total. The predicted molar refractivity (Wildman–Crippen MR) is 113 cm³/mol. The zero-order valence-corrected chi connectivity index (χ0v) is 18.4. The molecule has 0 saturated carbocycles. The summed E-state index contributed by atoms with van der Waals surface area (Å²) in [6.45, 7) is 9.67. The summed E-state index contributed by atoms with van der Waals surface area (Å²) in [6, 6.07) is 0. The van der Waals surface area contributed by atoms with Gasteiger partial charge in [-0.15, -0.1) is 13.8 Å². The fraction of sp³-hybridized carbons (Fsp3) is 1.00. The van der Waals surface area contributed by atoms with E-state index in [-0.39, 0.29) is 0 Å². The second-order valence-corrected chi connectivity index (χ2v) is 13.0. The molecule has 7 heteroatoms. The first-order valence-corrected chi connectivity index (χ1v) is 13.2. The van der Waals surface area contributed by atoms with Crippen LogP contribution in [0.25, 0.3) is 0 Å². The van der Waals surface area contributed by atoms with Crippen molar-refractivity contribution in [1.82, 2.24) is 18.5 Å². The number of piperidine rings is 1. The van der Waals surface area contributed by atoms with Crippen molar-refractivity contribution in [2.24, 2.45) is 11.4 Å². The highest BCUT2D eigenvalue weighted by molar-refractivity contribution is 7.72. The molecule has 1 unspecified atom stereocenters. The van der Waals surface area contributed by atoms with Gasteiger partial charge in [-0.3, -0.25) is 4.67 Å². The van der Waals surface area contributed by atoms with E-state index in [4.69, 9.17) is 5.50 Å². The number of rotatable bonds is 8. The first-order chi connectivity index (χ1) is 12.1. The summed E-state index contributed by atoms with van der Waals surface area (Å²) in [5.41, 5.74) is 7.23. The minimum Gasteiger partial charge on any atom is -0.270 e. The predicted octanol–water partition coefficient (Wildman–Crippen LogP) is 4.16. The standard InChI is InChI=1S/C18H40N5P2/c1-3-4-9-18-10-16-21(17-11-18)24-20(2)25(19,22-12-5-6-13-22)23-14-7-8-15-23/h18,24H,3-17,19H2,1-2H3/q+1. The van der Waals surface area contributed by atoms with Crippen LogP contribution in [-0.4, -0.2) is 64.8 Å². The molecule has 3 heterocycles. The van der Waals surface area contributed by atoms with Crippen molar-refractivity contribution in [2.75, 3.05) is 46.3 Å². The molecular formula is C18H40N5P2+. The maximum absolute atomic E-state index is 7.23. The lowest BCUT2D eigenvalue weighted by atomic mass is 9.93. The molecule has 0 bridgehead atoms. The third-order valence-corrected chi connectivity index (χ3v) is 11.8. The molecule has 1 atom stereocenters. The molecule has 3 aliphatic rings. The smallest absolute Gasteiger partial charge is 0.270 e. The molecule has 0 amide bonds. The van der Waals surface area contributed by atoms with Crippen molar-refractivity contribution >= 4 is 16.7 Å². The Morgan fingerprint density at radius 1 is 0.960 bits per heavy atom. The van der Waals surface area contributed by atoms with Crippen LogP contribution in [0.1, 0.15) is 64.7 Å². The van der Waals surface area contributed by atoms with Crippen LogP contribution < -0.4 is 5.50 Å². The van der Waals surface area contributed by atoms with Crippen LogP contribution in [0.5, 0.6) is 0 Å². The van der Waals surface area contributed by atoms with Crippen LogP contribution >= 0.6 is 16.7 Å². The third-order valence-electron chi connectivity index (χ3n) is 6.31. The number of hydrogen-bond acceptors (Lipinski definition) is 5. The van der Waals surface area contributed by atoms with Gasteiger partial charge in [-0.25, -0.2) is 0 Å². The minimum absolute atomic E-state index is 0.760. The first kappa shape index (κ1) is 20.4. The number of hydrogen-bond donors (Lipinski definition) is 1. The quantitative estimate of drug-likeness (QED) is 0.632. The molecule has 0 aromatic heterocycles. The zero-order chi connectivity index (χ0) is 17.7. The summed E-state index contributed by atoms with van der Waals surface area (Å²) in [7, 11) is 1.29. The Labute approximate surface area is 158 Å². The van der Waals surface area contributed by atoms with E-state index >= 15 is 0 Å². The zero-order valence-electron chi connectivity index (χ0n) is 16.5. The van der Waals surface area contributed by atoms with Crippen LogP contribution in [0.4, 0.5) is 0 Å². The fourth-order valence-corrected chi connectivity index (χ4v) is 10.0. The van der Waals surface area contributed by atoms with Gasteiger partial charge in [0.05, 0.1) is 8.88 Å². The van der Waals surface area contributed by atoms with Gasteiger partial charge in [0.25, 0.3) is 0 Å². The maximum Gasteiger partial charge on any atom is 0.307 e. The van der Waals surface area contributed by atoms with Crippen molar-refractivity contribution in [3.8, 4) is 0 Å². The van der Waals surface area contributed by atoms with Gasteiger partial charge in [0.2, 0.25) is 0 Å². The Bertz CT molecular complexity index is 375. The lowest BCUT2D eigenvalue weighted by Gasteiger charge is -2.42. The first-order valence-electron chi connectivity index (χ1n) is 10.6. The molecule has 146 valence electrons. The highest BCUT2D eigenvalue weighted by Gasteiger charge is 2.54. The van der Waals surface area contributed by atoms with Crippen LogP contribution in [-0.2, 0) is 0 Å². The summed E-state index contributed by atoms with van der Waals surface area (Å²) >= 11 is 0. The highest BCUT2D eigenvalue weighted by atomic mass is 31.2. The van der Waals surface area contributed by atoms with Gasteiger partial charge in [0, 0.05) is 46.3 Å². The summed E-state index contributed by atoms with van der Waals surface area (Å²) in [5.74, 6) is 0.973. The summed E-state index contributed by atoms with van der Waals surface area (Å²) in [5, 5.41) is 0. The van der Waals surface area contributed by atoms with E-state index < -0.39 is 7.87 Å². The Kier molecular flexibility index (Phi) is 7.94. The van der Waals surface area contributed by atoms with Gasteiger partial charge in [0.15, 0.2) is 0 Å². The number of unbranched alkanes of at least 4 members (excludes halogenated alkanes) is 1. The largest absolute Gasteiger partial charge is 0.307 e. The Morgan fingerprint density at radius 3 is 1.96 bits per heavy atom. The molecular weight excluding hydrogens is 348 g/mol. The van der Waals surface area contributed by atoms with E-state index in [9.17, 15) is 0 Å². The topological polar surface area (TPSA) is 39.0 Å². The third kappa shape index (κ3) is 4.93. The lowest BCUT2D eigenvalue weighted by Crippen LogP contribution is -2.45. The molecule has 3 fully saturated rings. The second-order valence-electron chi connectivity index (χ2n) is 8.13. The van der Waals surface area contributed by atoms with Crippen LogP contribution in [0.3, 0.4) is 0 Å². The van der Waals surface area contributed by atoms with E-state index in [1.807, 2.05) is 0 Å². The SMILES string of the molecule is CCCCC1CCN(PN(C)[P+](N)(N2CCCC2)N2CCCC2)CC1. The average Bonchev–Trinajstić information content (AvgIpc) is 3.34. The average molecular weight is 389 g/mol. The van der Waals surface area contributed by atoms with E-state index in [0.29, 0.717) is 0 Å². The molecule has 3 rings (SSSR count). The maximum atomic E-state index is 7.23. The van der Waals surface area contributed by atoms with Gasteiger partial charge in [0.1, 0.15) is 0 Å². The number of nitrogens with two attached hydrogens (primary N) is 1. The highest BCUT2D eigenvalue weighted by Crippen LogP contribution is 2.66. The Morgan fingerprint density at radius 2 is 1.48 bits per heavy atom. The van der Waals surface area contributed by atoms with Gasteiger partial charge >= 0.3 is 7.87 Å². The minimum atomic E-state index is -1.78. The Balaban J connectivity index is 1.56. The van der Waals surface area contributed by atoms with Gasteiger partial charge in [-0.1, -0.05) is 26.2 Å². The number of nitrogens with zero attached hydrogens (tertiary/aromatic N) is 4. The molecule has 0 spiro atoms. The van der Waals surface area contributed by atoms with Gasteiger partial charge in [-0.2, -0.15) is 5.50 Å². The van der Waals surface area contributed by atoms with Gasteiger partial charge < -0.3 is 0 Å². The molecule has 3 aliphatic heterocycles. The summed E-state index contributed by atoms with van der Waals surface area (Å²) in [6.07, 6.45) is 12.3. The van der Waals surface area contributed by atoms with Crippen molar-refractivity contribution < 1.29 is 0 Å². The Hall–Kier alpha value is 0.660. The second kappa shape index (κ2) is 9.73. The molecule has 25 heavy (non-hydrogen) atoms. The summed E-state index contributed by atoms with van der Waals surface area (Å²) in [4.78, 5) is 0.